The van der Waals surface area contributed by atoms with E-state index in [1.54, 1.807) is 7.11 Å². The Morgan fingerprint density at radius 1 is 1.23 bits per heavy atom. The predicted octanol–water partition coefficient (Wildman–Crippen LogP) is 4.14. The second kappa shape index (κ2) is 8.23. The molecule has 2 aromatic carbocycles. The Bertz CT molecular complexity index is 1150. The van der Waals surface area contributed by atoms with E-state index in [2.05, 4.69) is 64.7 Å². The van der Waals surface area contributed by atoms with Gasteiger partial charge in [-0.25, -0.2) is 0 Å². The van der Waals surface area contributed by atoms with E-state index >= 15 is 0 Å². The molecule has 160 valence electrons. The highest BCUT2D eigenvalue weighted by atomic mass is 16.5. The number of nitrogens with one attached hydrogen (secondary N) is 2. The molecule has 0 fully saturated rings. The number of hydrogen-bond acceptors (Lipinski definition) is 3. The lowest BCUT2D eigenvalue weighted by molar-refractivity contribution is -0.124. The average molecular weight is 416 g/mol. The molecule has 3 aromatic rings. The van der Waals surface area contributed by atoms with Crippen molar-refractivity contribution >= 4 is 22.4 Å². The third-order valence-corrected chi connectivity index (χ3v) is 6.58. The summed E-state index contributed by atoms with van der Waals surface area (Å²) in [6.07, 6.45) is 6.25. The minimum atomic E-state index is -0.164. The number of para-hydroxylation sites is 1. The zero-order chi connectivity index (χ0) is 21.4. The molecule has 5 nitrogen and oxygen atoms in total. The summed E-state index contributed by atoms with van der Waals surface area (Å²) in [5.74, 6) is 0.846. The molecule has 2 unspecified atom stereocenters. The highest BCUT2D eigenvalue weighted by Crippen LogP contribution is 2.42. The minimum absolute atomic E-state index is 0.116. The fraction of sp³-hybridized carbons (Fsp3) is 0.346. The van der Waals surface area contributed by atoms with Crippen LogP contribution in [0, 0.1) is 5.92 Å². The summed E-state index contributed by atoms with van der Waals surface area (Å²) in [6, 6.07) is 14.9. The van der Waals surface area contributed by atoms with Crippen molar-refractivity contribution in [2.45, 2.75) is 32.4 Å². The summed E-state index contributed by atoms with van der Waals surface area (Å²) in [6.45, 7) is 4.25. The Labute approximate surface area is 183 Å². The maximum Gasteiger partial charge on any atom is 0.228 e. The van der Waals surface area contributed by atoms with E-state index in [1.165, 1.54) is 27.6 Å². The molecule has 31 heavy (non-hydrogen) atoms. The first kappa shape index (κ1) is 19.9. The Morgan fingerprint density at radius 2 is 2.10 bits per heavy atom. The molecule has 1 aromatic heterocycles. The second-order valence-electron chi connectivity index (χ2n) is 8.52. The molecule has 0 radical (unpaired) electrons. The van der Waals surface area contributed by atoms with Gasteiger partial charge in [-0.1, -0.05) is 43.3 Å². The van der Waals surface area contributed by atoms with E-state index in [1.807, 2.05) is 12.1 Å². The molecule has 0 spiro atoms. The molecule has 2 heterocycles. The van der Waals surface area contributed by atoms with Crippen molar-refractivity contribution in [1.82, 2.24) is 15.2 Å². The largest absolute Gasteiger partial charge is 0.496 e. The highest BCUT2D eigenvalue weighted by Gasteiger charge is 2.37. The van der Waals surface area contributed by atoms with Gasteiger partial charge in [0.15, 0.2) is 0 Å². The van der Waals surface area contributed by atoms with Crippen molar-refractivity contribution in [1.29, 1.82) is 0 Å². The van der Waals surface area contributed by atoms with Crippen molar-refractivity contribution in [3.8, 4) is 5.75 Å². The Hall–Kier alpha value is -3.05. The Kier molecular flexibility index (Phi) is 5.28. The van der Waals surface area contributed by atoms with Crippen LogP contribution < -0.4 is 10.1 Å². The maximum absolute atomic E-state index is 13.0. The summed E-state index contributed by atoms with van der Waals surface area (Å²) in [7, 11) is 1.72. The maximum atomic E-state index is 13.0. The first-order valence-corrected chi connectivity index (χ1v) is 11.1. The molecule has 2 aliphatic rings. The molecule has 0 saturated carbocycles. The van der Waals surface area contributed by atoms with Gasteiger partial charge in [-0.15, -0.1) is 0 Å². The molecule has 5 heteroatoms. The normalized spacial score (nSPS) is 20.3. The number of amides is 1. The van der Waals surface area contributed by atoms with E-state index in [0.29, 0.717) is 13.1 Å². The number of carbonyl (C=O) groups is 1. The quantitative estimate of drug-likeness (QED) is 0.636. The number of ether oxygens (including phenoxy) is 1. The van der Waals surface area contributed by atoms with Gasteiger partial charge >= 0.3 is 0 Å². The van der Waals surface area contributed by atoms with Crippen LogP contribution in [-0.2, 0) is 17.8 Å². The molecule has 0 bridgehead atoms. The van der Waals surface area contributed by atoms with Crippen LogP contribution in [0.4, 0.5) is 0 Å². The number of aromatic nitrogens is 1. The van der Waals surface area contributed by atoms with Crippen LogP contribution in [0.3, 0.4) is 0 Å². The Balaban J connectivity index is 1.56. The topological polar surface area (TPSA) is 57.4 Å². The number of carbonyl (C=O) groups excluding carboxylic acids is 1. The van der Waals surface area contributed by atoms with E-state index in [9.17, 15) is 4.79 Å². The standard InChI is InChI=1S/C26H29N3O2/c1-3-11-27-26(30)19-12-21-20-8-6-9-22-25(20)18(14-28-22)13-23(21)29(16-19)15-17-7-4-5-10-24(17)31-2/h4-10,12,14,19,23,28H,3,11,13,15-16H2,1-2H3,(H,27,30). The third-order valence-electron chi connectivity index (χ3n) is 6.58. The minimum Gasteiger partial charge on any atom is -0.496 e. The van der Waals surface area contributed by atoms with Crippen LogP contribution in [0.15, 0.2) is 54.7 Å². The van der Waals surface area contributed by atoms with Crippen LogP contribution >= 0.6 is 0 Å². The first-order valence-electron chi connectivity index (χ1n) is 11.1. The van der Waals surface area contributed by atoms with Crippen molar-refractivity contribution < 1.29 is 9.53 Å². The van der Waals surface area contributed by atoms with Crippen LogP contribution in [0.25, 0.3) is 16.5 Å². The Morgan fingerprint density at radius 3 is 2.94 bits per heavy atom. The molecule has 2 atom stereocenters. The molecule has 1 aliphatic heterocycles. The number of aromatic amines is 1. The van der Waals surface area contributed by atoms with Gasteiger partial charge in [0.05, 0.1) is 13.0 Å². The van der Waals surface area contributed by atoms with Gasteiger partial charge in [0, 0.05) is 48.3 Å². The first-order chi connectivity index (χ1) is 15.2. The lowest BCUT2D eigenvalue weighted by atomic mass is 9.79. The van der Waals surface area contributed by atoms with Gasteiger partial charge in [0.2, 0.25) is 5.91 Å². The number of methoxy groups -OCH3 is 1. The molecular formula is C26H29N3O2. The molecule has 2 N–H and O–H groups in total. The van der Waals surface area contributed by atoms with Crippen molar-refractivity contribution in [2.24, 2.45) is 5.92 Å². The second-order valence-corrected chi connectivity index (χ2v) is 8.52. The van der Waals surface area contributed by atoms with E-state index < -0.39 is 0 Å². The fourth-order valence-corrected chi connectivity index (χ4v) is 5.10. The molecular weight excluding hydrogens is 386 g/mol. The smallest absolute Gasteiger partial charge is 0.228 e. The molecule has 1 aliphatic carbocycles. The number of fused-ring (bicyclic) bond motifs is 2. The number of H-pyrrole nitrogens is 1. The summed E-state index contributed by atoms with van der Waals surface area (Å²) in [5, 5.41) is 4.41. The SMILES string of the molecule is CCCNC(=O)C1C=C2c3cccc4[nH]cc(c34)CC2N(Cc2ccccc2OC)C1. The number of nitrogens with zero attached hydrogens (tertiary/aromatic N) is 1. The third kappa shape index (κ3) is 3.53. The van der Waals surface area contributed by atoms with Gasteiger partial charge in [-0.05, 0) is 41.7 Å². The highest BCUT2D eigenvalue weighted by molar-refractivity contribution is 5.99. The van der Waals surface area contributed by atoms with Crippen LogP contribution in [0.1, 0.15) is 30.0 Å². The summed E-state index contributed by atoms with van der Waals surface area (Å²) in [4.78, 5) is 18.9. The zero-order valence-electron chi connectivity index (χ0n) is 18.2. The van der Waals surface area contributed by atoms with Gasteiger partial charge < -0.3 is 15.0 Å². The van der Waals surface area contributed by atoms with Crippen molar-refractivity contribution in [3.63, 3.8) is 0 Å². The zero-order valence-corrected chi connectivity index (χ0v) is 18.2. The number of benzene rings is 2. The lowest BCUT2D eigenvalue weighted by Crippen LogP contribution is -2.48. The number of rotatable bonds is 6. The van der Waals surface area contributed by atoms with Crippen LogP contribution in [0.2, 0.25) is 0 Å². The predicted molar refractivity (Wildman–Crippen MR) is 124 cm³/mol. The summed E-state index contributed by atoms with van der Waals surface area (Å²) < 4.78 is 5.62. The van der Waals surface area contributed by atoms with E-state index in [0.717, 1.165) is 30.7 Å². The fourth-order valence-electron chi connectivity index (χ4n) is 5.10. The van der Waals surface area contributed by atoms with Crippen molar-refractivity contribution in [2.75, 3.05) is 20.2 Å². The van der Waals surface area contributed by atoms with Crippen molar-refractivity contribution in [3.05, 3.63) is 71.4 Å². The van der Waals surface area contributed by atoms with Crippen LogP contribution in [-0.4, -0.2) is 42.0 Å². The van der Waals surface area contributed by atoms with Crippen LogP contribution in [0.5, 0.6) is 5.75 Å². The lowest BCUT2D eigenvalue weighted by Gasteiger charge is -2.41. The monoisotopic (exact) mass is 415 g/mol. The molecule has 1 amide bonds. The van der Waals surface area contributed by atoms with Gasteiger partial charge in [0.25, 0.3) is 0 Å². The number of hydrogen-bond donors (Lipinski definition) is 2. The van der Waals surface area contributed by atoms with E-state index in [-0.39, 0.29) is 17.9 Å². The van der Waals surface area contributed by atoms with Gasteiger partial charge in [0.1, 0.15) is 5.75 Å². The van der Waals surface area contributed by atoms with E-state index in [4.69, 9.17) is 4.74 Å². The van der Waals surface area contributed by atoms with Gasteiger partial charge in [-0.2, -0.15) is 0 Å². The average Bonchev–Trinajstić information content (AvgIpc) is 3.22. The summed E-state index contributed by atoms with van der Waals surface area (Å²) >= 11 is 0. The molecule has 5 rings (SSSR count). The van der Waals surface area contributed by atoms with Gasteiger partial charge in [-0.3, -0.25) is 9.69 Å². The summed E-state index contributed by atoms with van der Waals surface area (Å²) in [5.41, 5.74) is 6.20. The molecule has 0 saturated heterocycles.